The third kappa shape index (κ3) is 2.20. The van der Waals surface area contributed by atoms with Crippen molar-refractivity contribution in [1.29, 1.82) is 0 Å². The van der Waals surface area contributed by atoms with Gasteiger partial charge >= 0.3 is 0 Å². The quantitative estimate of drug-likeness (QED) is 0.839. The van der Waals surface area contributed by atoms with Gasteiger partial charge in [-0.3, -0.25) is 9.10 Å². The summed E-state index contributed by atoms with van der Waals surface area (Å²) in [4.78, 5) is 13.3. The summed E-state index contributed by atoms with van der Waals surface area (Å²) in [5, 5.41) is 0. The lowest BCUT2D eigenvalue weighted by Gasteiger charge is -2.21. The Morgan fingerprint density at radius 3 is 2.58 bits per heavy atom. The standard InChI is InChI=1S/C13H18N2O3S/c1-5-19(17,18)15(4)11-6-9(2)13-10(7-11)8-12(16)14(13)3/h6-7H,5,8H2,1-4H3. The summed E-state index contributed by atoms with van der Waals surface area (Å²) in [6, 6.07) is 3.60. The zero-order valence-corrected chi connectivity index (χ0v) is 12.4. The topological polar surface area (TPSA) is 57.7 Å². The van der Waals surface area contributed by atoms with E-state index in [0.717, 1.165) is 16.8 Å². The number of sulfonamides is 1. The first-order valence-corrected chi connectivity index (χ1v) is 7.75. The lowest BCUT2D eigenvalue weighted by Crippen LogP contribution is -2.28. The largest absolute Gasteiger partial charge is 0.315 e. The van der Waals surface area contributed by atoms with Crippen molar-refractivity contribution < 1.29 is 13.2 Å². The minimum Gasteiger partial charge on any atom is -0.315 e. The van der Waals surface area contributed by atoms with Crippen LogP contribution in [0.1, 0.15) is 18.1 Å². The molecule has 0 N–H and O–H groups in total. The van der Waals surface area contributed by atoms with Crippen LogP contribution in [0.5, 0.6) is 0 Å². The molecule has 6 heteroatoms. The Labute approximate surface area is 113 Å². The molecule has 1 aromatic rings. The number of hydrogen-bond acceptors (Lipinski definition) is 3. The van der Waals surface area contributed by atoms with Crippen molar-refractivity contribution in [3.05, 3.63) is 23.3 Å². The van der Waals surface area contributed by atoms with Crippen molar-refractivity contribution in [3.8, 4) is 0 Å². The molecule has 0 spiro atoms. The van der Waals surface area contributed by atoms with Crippen LogP contribution in [-0.4, -0.2) is 34.2 Å². The number of fused-ring (bicyclic) bond motifs is 1. The van der Waals surface area contributed by atoms with Crippen LogP contribution >= 0.6 is 0 Å². The SMILES string of the molecule is CCS(=O)(=O)N(C)c1cc(C)c2c(c1)CC(=O)N2C. The van der Waals surface area contributed by atoms with E-state index in [1.807, 2.05) is 6.92 Å². The summed E-state index contributed by atoms with van der Waals surface area (Å²) in [5.41, 5.74) is 3.32. The molecule has 1 aromatic carbocycles. The normalized spacial score (nSPS) is 14.7. The van der Waals surface area contributed by atoms with Crippen molar-refractivity contribution in [2.45, 2.75) is 20.3 Å². The molecule has 0 saturated carbocycles. The van der Waals surface area contributed by atoms with E-state index < -0.39 is 10.0 Å². The highest BCUT2D eigenvalue weighted by molar-refractivity contribution is 7.92. The lowest BCUT2D eigenvalue weighted by atomic mass is 10.1. The Bertz CT molecular complexity index is 638. The van der Waals surface area contributed by atoms with E-state index in [1.165, 1.54) is 4.31 Å². The van der Waals surface area contributed by atoms with E-state index in [1.54, 1.807) is 38.1 Å². The third-order valence-corrected chi connectivity index (χ3v) is 5.34. The van der Waals surface area contributed by atoms with Crippen LogP contribution < -0.4 is 9.21 Å². The van der Waals surface area contributed by atoms with Gasteiger partial charge in [0.1, 0.15) is 0 Å². The molecule has 2 rings (SSSR count). The van der Waals surface area contributed by atoms with Gasteiger partial charge in [0.2, 0.25) is 15.9 Å². The van der Waals surface area contributed by atoms with Crippen molar-refractivity contribution in [3.63, 3.8) is 0 Å². The number of carbonyl (C=O) groups excluding carboxylic acids is 1. The molecule has 104 valence electrons. The number of carbonyl (C=O) groups is 1. The average Bonchev–Trinajstić information content (AvgIpc) is 2.64. The molecule has 0 fully saturated rings. The van der Waals surface area contributed by atoms with Crippen LogP contribution in [0.25, 0.3) is 0 Å². The average molecular weight is 282 g/mol. The fraction of sp³-hybridized carbons (Fsp3) is 0.462. The molecule has 0 aliphatic carbocycles. The first kappa shape index (κ1) is 13.9. The van der Waals surface area contributed by atoms with Gasteiger partial charge in [0.15, 0.2) is 0 Å². The van der Waals surface area contributed by atoms with Crippen LogP contribution in [0.2, 0.25) is 0 Å². The number of hydrogen-bond donors (Lipinski definition) is 0. The Morgan fingerprint density at radius 2 is 2.00 bits per heavy atom. The summed E-state index contributed by atoms with van der Waals surface area (Å²) < 4.78 is 25.1. The first-order valence-electron chi connectivity index (χ1n) is 6.14. The number of benzene rings is 1. The Kier molecular flexibility index (Phi) is 3.30. The second-order valence-electron chi connectivity index (χ2n) is 4.77. The third-order valence-electron chi connectivity index (χ3n) is 3.56. The number of likely N-dealkylation sites (N-methyl/N-ethyl adjacent to an activating group) is 1. The van der Waals surface area contributed by atoms with Crippen LogP contribution in [0, 0.1) is 6.92 Å². The number of nitrogens with zero attached hydrogens (tertiary/aromatic N) is 2. The summed E-state index contributed by atoms with van der Waals surface area (Å²) in [5.74, 6) is 0.0922. The molecule has 19 heavy (non-hydrogen) atoms. The monoisotopic (exact) mass is 282 g/mol. The molecule has 1 aliphatic rings. The van der Waals surface area contributed by atoms with Gasteiger partial charge in [-0.2, -0.15) is 0 Å². The number of anilines is 2. The van der Waals surface area contributed by atoms with Crippen molar-refractivity contribution >= 4 is 27.3 Å². The maximum atomic E-state index is 11.9. The van der Waals surface area contributed by atoms with Crippen LogP contribution in [0.15, 0.2) is 12.1 Å². The van der Waals surface area contributed by atoms with E-state index in [4.69, 9.17) is 0 Å². The molecular weight excluding hydrogens is 264 g/mol. The molecule has 1 aliphatic heterocycles. The summed E-state index contributed by atoms with van der Waals surface area (Å²) in [6.07, 6.45) is 0.334. The smallest absolute Gasteiger partial charge is 0.234 e. The van der Waals surface area contributed by atoms with Gasteiger partial charge in [-0.1, -0.05) is 0 Å². The maximum absolute atomic E-state index is 11.9. The molecule has 1 amide bonds. The Morgan fingerprint density at radius 1 is 1.37 bits per heavy atom. The zero-order valence-electron chi connectivity index (χ0n) is 11.6. The van der Waals surface area contributed by atoms with Crippen molar-refractivity contribution in [1.82, 2.24) is 0 Å². The van der Waals surface area contributed by atoms with E-state index >= 15 is 0 Å². The molecule has 0 unspecified atom stereocenters. The van der Waals surface area contributed by atoms with Gasteiger partial charge in [0.25, 0.3) is 0 Å². The molecular formula is C13H18N2O3S. The maximum Gasteiger partial charge on any atom is 0.234 e. The molecule has 0 aromatic heterocycles. The highest BCUT2D eigenvalue weighted by Crippen LogP contribution is 2.35. The summed E-state index contributed by atoms with van der Waals surface area (Å²) in [6.45, 7) is 3.51. The first-order chi connectivity index (χ1) is 8.77. The minimum absolute atomic E-state index is 0.0382. The fourth-order valence-electron chi connectivity index (χ4n) is 2.39. The lowest BCUT2D eigenvalue weighted by molar-refractivity contribution is -0.117. The Hall–Kier alpha value is -1.56. The summed E-state index contributed by atoms with van der Waals surface area (Å²) in [7, 11) is 0.00786. The number of rotatable bonds is 3. The molecule has 0 bridgehead atoms. The van der Waals surface area contributed by atoms with Crippen molar-refractivity contribution in [2.24, 2.45) is 0 Å². The van der Waals surface area contributed by atoms with E-state index in [2.05, 4.69) is 0 Å². The Balaban J connectivity index is 2.51. The van der Waals surface area contributed by atoms with Gasteiger partial charge < -0.3 is 4.90 Å². The molecule has 0 saturated heterocycles. The van der Waals surface area contributed by atoms with Crippen molar-refractivity contribution in [2.75, 3.05) is 29.1 Å². The van der Waals surface area contributed by atoms with Gasteiger partial charge in [-0.25, -0.2) is 8.42 Å². The highest BCUT2D eigenvalue weighted by Gasteiger charge is 2.27. The highest BCUT2D eigenvalue weighted by atomic mass is 32.2. The predicted octanol–water partition coefficient (Wildman–Crippen LogP) is 1.30. The van der Waals surface area contributed by atoms with Gasteiger partial charge in [0.05, 0.1) is 23.5 Å². The summed E-state index contributed by atoms with van der Waals surface area (Å²) >= 11 is 0. The zero-order chi connectivity index (χ0) is 14.4. The van der Waals surface area contributed by atoms with E-state index in [9.17, 15) is 13.2 Å². The van der Waals surface area contributed by atoms with Crippen LogP contribution in [0.3, 0.4) is 0 Å². The molecule has 1 heterocycles. The van der Waals surface area contributed by atoms with Gasteiger partial charge in [-0.05, 0) is 37.1 Å². The fourth-order valence-corrected chi connectivity index (χ4v) is 3.20. The van der Waals surface area contributed by atoms with Gasteiger partial charge in [-0.15, -0.1) is 0 Å². The minimum atomic E-state index is -3.28. The molecule has 0 radical (unpaired) electrons. The predicted molar refractivity (Wildman–Crippen MR) is 76.2 cm³/mol. The number of aryl methyl sites for hydroxylation is 1. The van der Waals surface area contributed by atoms with Crippen LogP contribution in [-0.2, 0) is 21.2 Å². The van der Waals surface area contributed by atoms with Crippen LogP contribution in [0.4, 0.5) is 11.4 Å². The van der Waals surface area contributed by atoms with Gasteiger partial charge in [0, 0.05) is 14.1 Å². The second kappa shape index (κ2) is 4.52. The second-order valence-corrected chi connectivity index (χ2v) is 7.06. The van der Waals surface area contributed by atoms with E-state index in [-0.39, 0.29) is 11.7 Å². The molecule has 0 atom stereocenters. The van der Waals surface area contributed by atoms with E-state index in [0.29, 0.717) is 12.1 Å². The molecule has 5 nitrogen and oxygen atoms in total. The number of amides is 1.